The SMILES string of the molecule is CC(C)(C)OC(=O)Nc1cc(-c2cn[nH]c2)ccc1O. The maximum absolute atomic E-state index is 11.7. The maximum Gasteiger partial charge on any atom is 0.412 e. The number of amides is 1. The number of carbonyl (C=O) groups excluding carboxylic acids is 1. The summed E-state index contributed by atoms with van der Waals surface area (Å²) in [6.45, 7) is 5.32. The van der Waals surface area contributed by atoms with Crippen molar-refractivity contribution in [2.75, 3.05) is 5.32 Å². The smallest absolute Gasteiger partial charge is 0.412 e. The lowest BCUT2D eigenvalue weighted by molar-refractivity contribution is 0.0635. The van der Waals surface area contributed by atoms with E-state index in [1.165, 1.54) is 6.07 Å². The zero-order chi connectivity index (χ0) is 14.8. The number of nitrogens with one attached hydrogen (secondary N) is 2. The van der Waals surface area contributed by atoms with Gasteiger partial charge in [-0.1, -0.05) is 6.07 Å². The fourth-order valence-electron chi connectivity index (χ4n) is 1.64. The molecule has 1 aromatic carbocycles. The molecule has 0 radical (unpaired) electrons. The third kappa shape index (κ3) is 3.50. The summed E-state index contributed by atoms with van der Waals surface area (Å²) in [5.41, 5.74) is 1.37. The number of rotatable bonds is 2. The van der Waals surface area contributed by atoms with Gasteiger partial charge in [-0.05, 0) is 38.5 Å². The molecule has 0 spiro atoms. The van der Waals surface area contributed by atoms with E-state index < -0.39 is 11.7 Å². The van der Waals surface area contributed by atoms with Crippen molar-refractivity contribution in [1.82, 2.24) is 10.2 Å². The average Bonchev–Trinajstić information content (AvgIpc) is 2.83. The molecule has 0 bridgehead atoms. The predicted molar refractivity (Wildman–Crippen MR) is 75.5 cm³/mol. The highest BCUT2D eigenvalue weighted by Crippen LogP contribution is 2.29. The van der Waals surface area contributed by atoms with Crippen molar-refractivity contribution in [3.63, 3.8) is 0 Å². The van der Waals surface area contributed by atoms with Crippen molar-refractivity contribution in [3.8, 4) is 16.9 Å². The molecule has 1 aromatic heterocycles. The molecule has 106 valence electrons. The van der Waals surface area contributed by atoms with Gasteiger partial charge in [0.1, 0.15) is 11.4 Å². The predicted octanol–water partition coefficient (Wildman–Crippen LogP) is 3.13. The molecule has 20 heavy (non-hydrogen) atoms. The summed E-state index contributed by atoms with van der Waals surface area (Å²) in [6, 6.07) is 4.90. The van der Waals surface area contributed by atoms with Gasteiger partial charge in [-0.15, -0.1) is 0 Å². The van der Waals surface area contributed by atoms with E-state index in [4.69, 9.17) is 4.74 Å². The lowest BCUT2D eigenvalue weighted by Gasteiger charge is -2.20. The van der Waals surface area contributed by atoms with E-state index in [2.05, 4.69) is 15.5 Å². The van der Waals surface area contributed by atoms with Crippen LogP contribution in [0.1, 0.15) is 20.8 Å². The van der Waals surface area contributed by atoms with E-state index in [-0.39, 0.29) is 11.4 Å². The molecule has 0 aliphatic rings. The van der Waals surface area contributed by atoms with E-state index in [0.29, 0.717) is 0 Å². The Bertz CT molecular complexity index is 601. The minimum absolute atomic E-state index is 0.0249. The number of phenols is 1. The molecular weight excluding hydrogens is 258 g/mol. The first-order valence-corrected chi connectivity index (χ1v) is 6.17. The number of phenolic OH excluding ortho intramolecular Hbond substituents is 1. The lowest BCUT2D eigenvalue weighted by Crippen LogP contribution is -2.27. The molecule has 2 aromatic rings. The monoisotopic (exact) mass is 275 g/mol. The Morgan fingerprint density at radius 2 is 2.10 bits per heavy atom. The van der Waals surface area contributed by atoms with Crippen LogP contribution in [0.3, 0.4) is 0 Å². The highest BCUT2D eigenvalue weighted by molar-refractivity contribution is 5.88. The summed E-state index contributed by atoms with van der Waals surface area (Å²) in [4.78, 5) is 11.7. The largest absolute Gasteiger partial charge is 0.506 e. The number of aromatic nitrogens is 2. The number of aromatic hydroxyl groups is 1. The van der Waals surface area contributed by atoms with Gasteiger partial charge in [-0.3, -0.25) is 10.4 Å². The summed E-state index contributed by atoms with van der Waals surface area (Å²) < 4.78 is 5.15. The van der Waals surface area contributed by atoms with Gasteiger partial charge in [0, 0.05) is 11.8 Å². The minimum Gasteiger partial charge on any atom is -0.506 e. The number of nitrogens with zero attached hydrogens (tertiary/aromatic N) is 1. The second-order valence-electron chi connectivity index (χ2n) is 5.35. The highest BCUT2D eigenvalue weighted by Gasteiger charge is 2.17. The van der Waals surface area contributed by atoms with Crippen LogP contribution in [-0.4, -0.2) is 27.0 Å². The Morgan fingerprint density at radius 3 is 2.70 bits per heavy atom. The van der Waals surface area contributed by atoms with Gasteiger partial charge in [0.2, 0.25) is 0 Å². The molecule has 6 heteroatoms. The standard InChI is InChI=1S/C14H17N3O3/c1-14(2,3)20-13(19)17-11-6-9(4-5-12(11)18)10-7-15-16-8-10/h4-8,18H,1-3H3,(H,15,16)(H,17,19). The van der Waals surface area contributed by atoms with Crippen molar-refractivity contribution >= 4 is 11.8 Å². The van der Waals surface area contributed by atoms with E-state index in [1.54, 1.807) is 45.3 Å². The number of ether oxygens (including phenoxy) is 1. The van der Waals surface area contributed by atoms with Crippen LogP contribution in [0.2, 0.25) is 0 Å². The summed E-state index contributed by atoms with van der Waals surface area (Å²) in [5, 5.41) is 18.9. The van der Waals surface area contributed by atoms with E-state index in [1.807, 2.05) is 0 Å². The quantitative estimate of drug-likeness (QED) is 0.735. The first kappa shape index (κ1) is 13.9. The van der Waals surface area contributed by atoms with E-state index in [9.17, 15) is 9.90 Å². The number of carbonyl (C=O) groups is 1. The Hall–Kier alpha value is -2.50. The van der Waals surface area contributed by atoms with Gasteiger partial charge in [0.15, 0.2) is 0 Å². The summed E-state index contributed by atoms with van der Waals surface area (Å²) in [6.07, 6.45) is 2.77. The molecular formula is C14H17N3O3. The van der Waals surface area contributed by atoms with Gasteiger partial charge in [0.25, 0.3) is 0 Å². The van der Waals surface area contributed by atoms with Gasteiger partial charge in [-0.2, -0.15) is 5.10 Å². The van der Waals surface area contributed by atoms with Crippen LogP contribution in [-0.2, 0) is 4.74 Å². The van der Waals surface area contributed by atoms with Crippen LogP contribution in [0, 0.1) is 0 Å². The first-order chi connectivity index (χ1) is 9.35. The molecule has 1 heterocycles. The molecule has 0 aliphatic carbocycles. The van der Waals surface area contributed by atoms with Gasteiger partial charge in [-0.25, -0.2) is 4.79 Å². The Kier molecular flexibility index (Phi) is 3.65. The molecule has 0 unspecified atom stereocenters. The number of benzene rings is 1. The normalized spacial score (nSPS) is 11.2. The fourth-order valence-corrected chi connectivity index (χ4v) is 1.64. The Morgan fingerprint density at radius 1 is 1.35 bits per heavy atom. The van der Waals surface area contributed by atoms with Gasteiger partial charge < -0.3 is 9.84 Å². The summed E-state index contributed by atoms with van der Waals surface area (Å²) in [7, 11) is 0. The molecule has 0 fully saturated rings. The molecule has 6 nitrogen and oxygen atoms in total. The fraction of sp³-hybridized carbons (Fsp3) is 0.286. The minimum atomic E-state index is -0.614. The number of H-pyrrole nitrogens is 1. The maximum atomic E-state index is 11.7. The zero-order valence-corrected chi connectivity index (χ0v) is 11.6. The molecule has 0 saturated heterocycles. The lowest BCUT2D eigenvalue weighted by atomic mass is 10.1. The summed E-state index contributed by atoms with van der Waals surface area (Å²) >= 11 is 0. The topological polar surface area (TPSA) is 87.2 Å². The zero-order valence-electron chi connectivity index (χ0n) is 11.6. The third-order valence-corrected chi connectivity index (χ3v) is 2.46. The van der Waals surface area contributed by atoms with Crippen LogP contribution in [0.5, 0.6) is 5.75 Å². The van der Waals surface area contributed by atoms with Crippen LogP contribution in [0.15, 0.2) is 30.6 Å². The molecule has 3 N–H and O–H groups in total. The van der Waals surface area contributed by atoms with Crippen molar-refractivity contribution in [2.24, 2.45) is 0 Å². The third-order valence-electron chi connectivity index (χ3n) is 2.46. The Labute approximate surface area is 116 Å². The molecule has 0 atom stereocenters. The Balaban J connectivity index is 2.19. The molecule has 0 saturated carbocycles. The summed E-state index contributed by atoms with van der Waals surface area (Å²) in [5.74, 6) is -0.0249. The van der Waals surface area contributed by atoms with E-state index in [0.717, 1.165) is 11.1 Å². The molecule has 0 aliphatic heterocycles. The molecule has 2 rings (SSSR count). The van der Waals surface area contributed by atoms with Crippen LogP contribution < -0.4 is 5.32 Å². The second kappa shape index (κ2) is 5.24. The average molecular weight is 275 g/mol. The van der Waals surface area contributed by atoms with Gasteiger partial charge >= 0.3 is 6.09 Å². The van der Waals surface area contributed by atoms with Crippen molar-refractivity contribution in [3.05, 3.63) is 30.6 Å². The van der Waals surface area contributed by atoms with Crippen LogP contribution in [0.4, 0.5) is 10.5 Å². The van der Waals surface area contributed by atoms with Crippen LogP contribution in [0.25, 0.3) is 11.1 Å². The van der Waals surface area contributed by atoms with Crippen molar-refractivity contribution < 1.29 is 14.6 Å². The number of hydrogen-bond donors (Lipinski definition) is 3. The number of anilines is 1. The van der Waals surface area contributed by atoms with E-state index >= 15 is 0 Å². The first-order valence-electron chi connectivity index (χ1n) is 6.17. The van der Waals surface area contributed by atoms with Gasteiger partial charge in [0.05, 0.1) is 11.9 Å². The van der Waals surface area contributed by atoms with Crippen molar-refractivity contribution in [2.45, 2.75) is 26.4 Å². The number of aromatic amines is 1. The second-order valence-corrected chi connectivity index (χ2v) is 5.35. The van der Waals surface area contributed by atoms with Crippen molar-refractivity contribution in [1.29, 1.82) is 0 Å². The van der Waals surface area contributed by atoms with Crippen LogP contribution >= 0.6 is 0 Å². The molecule has 1 amide bonds. The highest BCUT2D eigenvalue weighted by atomic mass is 16.6. The number of hydrogen-bond acceptors (Lipinski definition) is 4.